The zero-order valence-corrected chi connectivity index (χ0v) is 14.0. The van der Waals surface area contributed by atoms with Crippen LogP contribution in [-0.4, -0.2) is 39.2 Å². The number of thiazole rings is 1. The summed E-state index contributed by atoms with van der Waals surface area (Å²) in [4.78, 5) is 31.5. The first kappa shape index (κ1) is 15.7. The lowest BCUT2D eigenvalue weighted by Gasteiger charge is -2.31. The number of carbonyl (C=O) groups is 2. The van der Waals surface area contributed by atoms with Crippen LogP contribution in [0.5, 0.6) is 0 Å². The first-order valence-electron chi connectivity index (χ1n) is 7.64. The molecule has 1 N–H and O–H groups in total. The first-order chi connectivity index (χ1) is 11.1. The zero-order valence-electron chi connectivity index (χ0n) is 13.2. The lowest BCUT2D eigenvalue weighted by Crippen LogP contribution is -2.52. The summed E-state index contributed by atoms with van der Waals surface area (Å²) in [7, 11) is 1.81. The van der Waals surface area contributed by atoms with Crippen molar-refractivity contribution >= 4 is 29.0 Å². The van der Waals surface area contributed by atoms with Gasteiger partial charge in [-0.1, -0.05) is 6.92 Å². The highest BCUT2D eigenvalue weighted by Gasteiger charge is 2.32. The number of rotatable bonds is 4. The molecule has 1 fully saturated rings. The van der Waals surface area contributed by atoms with E-state index in [1.807, 2.05) is 14.0 Å². The van der Waals surface area contributed by atoms with Gasteiger partial charge in [-0.3, -0.25) is 19.2 Å². The fraction of sp³-hybridized carbons (Fsp3) is 0.467. The summed E-state index contributed by atoms with van der Waals surface area (Å²) in [6.45, 7) is 2.59. The molecule has 1 aliphatic heterocycles. The van der Waals surface area contributed by atoms with Crippen LogP contribution in [0.1, 0.15) is 35.1 Å². The number of hydrogen-bond acceptors (Lipinski definition) is 5. The van der Waals surface area contributed by atoms with E-state index in [1.165, 1.54) is 11.3 Å². The molecule has 0 aromatic carbocycles. The molecule has 0 bridgehead atoms. The second-order valence-electron chi connectivity index (χ2n) is 5.49. The molecule has 3 heterocycles. The van der Waals surface area contributed by atoms with Crippen molar-refractivity contribution in [2.24, 2.45) is 7.05 Å². The number of nitrogens with zero attached hydrogens (tertiary/aromatic N) is 4. The van der Waals surface area contributed by atoms with Gasteiger partial charge in [0.1, 0.15) is 10.9 Å². The number of anilines is 1. The minimum atomic E-state index is -0.509. The summed E-state index contributed by atoms with van der Waals surface area (Å²) in [6, 6.07) is 1.30. The monoisotopic (exact) mass is 333 g/mol. The van der Waals surface area contributed by atoms with Crippen molar-refractivity contribution in [1.82, 2.24) is 20.1 Å². The minimum Gasteiger partial charge on any atom is -0.339 e. The van der Waals surface area contributed by atoms with Gasteiger partial charge in [0.05, 0.1) is 11.2 Å². The van der Waals surface area contributed by atoms with Crippen LogP contribution in [0.15, 0.2) is 17.8 Å². The molecule has 1 saturated heterocycles. The predicted molar refractivity (Wildman–Crippen MR) is 87.5 cm³/mol. The van der Waals surface area contributed by atoms with E-state index in [0.29, 0.717) is 30.1 Å². The highest BCUT2D eigenvalue weighted by Crippen LogP contribution is 2.20. The van der Waals surface area contributed by atoms with Gasteiger partial charge in [-0.15, -0.1) is 11.3 Å². The molecule has 2 aromatic heterocycles. The molecule has 23 heavy (non-hydrogen) atoms. The lowest BCUT2D eigenvalue weighted by atomic mass is 10.0. The summed E-state index contributed by atoms with van der Waals surface area (Å²) in [5, 5.41) is 7.13. The third-order valence-electron chi connectivity index (χ3n) is 3.90. The first-order valence-corrected chi connectivity index (χ1v) is 8.52. The molecule has 2 aromatic rings. The zero-order chi connectivity index (χ0) is 16.4. The number of amides is 2. The second kappa shape index (κ2) is 6.49. The van der Waals surface area contributed by atoms with Crippen LogP contribution in [-0.2, 0) is 18.3 Å². The summed E-state index contributed by atoms with van der Waals surface area (Å²) in [5.41, 5.74) is 2.44. The number of aryl methyl sites for hydroxylation is 2. The van der Waals surface area contributed by atoms with Crippen molar-refractivity contribution in [3.8, 4) is 0 Å². The molecule has 1 atom stereocenters. The molecule has 122 valence electrons. The Hall–Kier alpha value is -2.22. The smallest absolute Gasteiger partial charge is 0.263 e. The molecule has 8 heteroatoms. The summed E-state index contributed by atoms with van der Waals surface area (Å²) in [5.74, 6) is 0.305. The molecule has 0 saturated carbocycles. The number of hydrogen-bond donors (Lipinski definition) is 1. The molecule has 0 aliphatic carbocycles. The van der Waals surface area contributed by atoms with Crippen molar-refractivity contribution in [2.45, 2.75) is 32.2 Å². The Morgan fingerprint density at radius 2 is 2.35 bits per heavy atom. The van der Waals surface area contributed by atoms with Gasteiger partial charge < -0.3 is 5.32 Å². The van der Waals surface area contributed by atoms with E-state index in [-0.39, 0.29) is 11.8 Å². The van der Waals surface area contributed by atoms with Crippen molar-refractivity contribution in [3.63, 3.8) is 0 Å². The van der Waals surface area contributed by atoms with Crippen LogP contribution in [0, 0.1) is 0 Å². The van der Waals surface area contributed by atoms with Gasteiger partial charge in [0.15, 0.2) is 5.82 Å². The Balaban J connectivity index is 1.73. The number of piperidine rings is 1. The molecule has 0 spiro atoms. The second-order valence-corrected chi connectivity index (χ2v) is 6.34. The van der Waals surface area contributed by atoms with Gasteiger partial charge in [0, 0.05) is 25.9 Å². The van der Waals surface area contributed by atoms with Gasteiger partial charge >= 0.3 is 0 Å². The Morgan fingerprint density at radius 3 is 3.04 bits per heavy atom. The quantitative estimate of drug-likeness (QED) is 0.916. The molecule has 0 radical (unpaired) electrons. The normalized spacial score (nSPS) is 18.3. The van der Waals surface area contributed by atoms with Crippen molar-refractivity contribution in [2.75, 3.05) is 11.4 Å². The average molecular weight is 333 g/mol. The summed E-state index contributed by atoms with van der Waals surface area (Å²) >= 11 is 1.31. The SMILES string of the molecule is CCc1ncsc1C(=O)N[C@@H]1CCCN(c2ccn(C)n2)C1=O. The van der Waals surface area contributed by atoms with Gasteiger partial charge in [0.2, 0.25) is 0 Å². The van der Waals surface area contributed by atoms with E-state index in [0.717, 1.165) is 12.1 Å². The summed E-state index contributed by atoms with van der Waals surface area (Å²) in [6.07, 6.45) is 3.98. The number of nitrogens with one attached hydrogen (secondary N) is 1. The van der Waals surface area contributed by atoms with E-state index >= 15 is 0 Å². The molecular formula is C15H19N5O2S. The molecule has 7 nitrogen and oxygen atoms in total. The maximum absolute atomic E-state index is 12.6. The van der Waals surface area contributed by atoms with Crippen LogP contribution < -0.4 is 10.2 Å². The van der Waals surface area contributed by atoms with Gasteiger partial charge in [0.25, 0.3) is 11.8 Å². The molecule has 2 amide bonds. The average Bonchev–Trinajstić information content (AvgIpc) is 3.17. The fourth-order valence-corrected chi connectivity index (χ4v) is 3.50. The molecule has 0 unspecified atom stereocenters. The Labute approximate surface area is 138 Å². The number of carbonyl (C=O) groups excluding carboxylic acids is 2. The molecular weight excluding hydrogens is 314 g/mol. The third kappa shape index (κ3) is 3.12. The maximum Gasteiger partial charge on any atom is 0.263 e. The van der Waals surface area contributed by atoms with Crippen LogP contribution >= 0.6 is 11.3 Å². The van der Waals surface area contributed by atoms with Gasteiger partial charge in [-0.2, -0.15) is 5.10 Å². The van der Waals surface area contributed by atoms with E-state index in [4.69, 9.17) is 0 Å². The maximum atomic E-state index is 12.6. The predicted octanol–water partition coefficient (Wildman–Crippen LogP) is 1.36. The van der Waals surface area contributed by atoms with Crippen LogP contribution in [0.4, 0.5) is 5.82 Å². The van der Waals surface area contributed by atoms with Crippen molar-refractivity contribution < 1.29 is 9.59 Å². The van der Waals surface area contributed by atoms with Crippen molar-refractivity contribution in [3.05, 3.63) is 28.3 Å². The van der Waals surface area contributed by atoms with Gasteiger partial charge in [-0.05, 0) is 19.3 Å². The molecule has 1 aliphatic rings. The largest absolute Gasteiger partial charge is 0.339 e. The fourth-order valence-electron chi connectivity index (χ4n) is 2.71. The van der Waals surface area contributed by atoms with Crippen LogP contribution in [0.3, 0.4) is 0 Å². The van der Waals surface area contributed by atoms with E-state index in [2.05, 4.69) is 15.4 Å². The highest BCUT2D eigenvalue weighted by molar-refractivity contribution is 7.11. The summed E-state index contributed by atoms with van der Waals surface area (Å²) < 4.78 is 1.66. The van der Waals surface area contributed by atoms with E-state index in [1.54, 1.807) is 27.4 Å². The Bertz CT molecular complexity index is 723. The van der Waals surface area contributed by atoms with E-state index < -0.39 is 6.04 Å². The third-order valence-corrected chi connectivity index (χ3v) is 4.77. The Kier molecular flexibility index (Phi) is 4.42. The van der Waals surface area contributed by atoms with Crippen molar-refractivity contribution in [1.29, 1.82) is 0 Å². The highest BCUT2D eigenvalue weighted by atomic mass is 32.1. The minimum absolute atomic E-state index is 0.106. The lowest BCUT2D eigenvalue weighted by molar-refractivity contribution is -0.121. The number of aromatic nitrogens is 3. The van der Waals surface area contributed by atoms with E-state index in [9.17, 15) is 9.59 Å². The molecule has 3 rings (SSSR count). The standard InChI is InChI=1S/C15H19N5O2S/c1-3-10-13(23-9-16-10)14(21)17-11-5-4-7-20(15(11)22)12-6-8-19(2)18-12/h6,8-9,11H,3-5,7H2,1-2H3,(H,17,21)/t11-/m1/s1. The van der Waals surface area contributed by atoms with Gasteiger partial charge in [-0.25, -0.2) is 4.98 Å². The topological polar surface area (TPSA) is 80.1 Å². The van der Waals surface area contributed by atoms with Crippen LogP contribution in [0.25, 0.3) is 0 Å². The Morgan fingerprint density at radius 1 is 1.52 bits per heavy atom. The van der Waals surface area contributed by atoms with Crippen LogP contribution in [0.2, 0.25) is 0 Å².